The molecule has 0 aromatic heterocycles. The van der Waals surface area contributed by atoms with E-state index in [9.17, 15) is 0 Å². The highest BCUT2D eigenvalue weighted by Crippen LogP contribution is 2.28. The lowest BCUT2D eigenvalue weighted by molar-refractivity contribution is 0.342. The van der Waals surface area contributed by atoms with Gasteiger partial charge < -0.3 is 10.5 Å². The summed E-state index contributed by atoms with van der Waals surface area (Å²) >= 11 is 0. The Bertz CT molecular complexity index is 303. The summed E-state index contributed by atoms with van der Waals surface area (Å²) in [4.78, 5) is 0. The van der Waals surface area contributed by atoms with Crippen LogP contribution in [0.5, 0.6) is 5.75 Å². The number of benzene rings is 1. The fraction of sp³-hybridized carbons (Fsp3) is 0.538. The summed E-state index contributed by atoms with van der Waals surface area (Å²) < 4.78 is 5.11. The van der Waals surface area contributed by atoms with Gasteiger partial charge in [-0.2, -0.15) is 0 Å². The second-order valence-corrected chi connectivity index (χ2v) is 5.14. The number of ether oxygens (including phenoxy) is 1. The van der Waals surface area contributed by atoms with Gasteiger partial charge in [-0.1, -0.05) is 32.9 Å². The van der Waals surface area contributed by atoms with Crippen LogP contribution in [-0.4, -0.2) is 7.11 Å². The molecule has 1 rings (SSSR count). The highest BCUT2D eigenvalue weighted by Gasteiger charge is 2.16. The van der Waals surface area contributed by atoms with Gasteiger partial charge in [-0.15, -0.1) is 12.4 Å². The zero-order chi connectivity index (χ0) is 11.5. The molecule has 0 amide bonds. The van der Waals surface area contributed by atoms with Crippen LogP contribution in [-0.2, 0) is 0 Å². The quantitative estimate of drug-likeness (QED) is 0.881. The van der Waals surface area contributed by atoms with Crippen LogP contribution in [0.2, 0.25) is 0 Å². The molecule has 0 aliphatic carbocycles. The predicted octanol–water partition coefficient (Wildman–Crippen LogP) is 3.55. The van der Waals surface area contributed by atoms with Gasteiger partial charge in [-0.25, -0.2) is 0 Å². The molecular formula is C13H22ClNO. The average molecular weight is 244 g/mol. The standard InChI is InChI=1S/C13H21NO.ClH/c1-13(2,3)9-12(14)10-5-7-11(15-4)8-6-10;/h5-8,12H,9,14H2,1-4H3;1H. The van der Waals surface area contributed by atoms with E-state index in [0.29, 0.717) is 0 Å². The van der Waals surface area contributed by atoms with E-state index in [1.807, 2.05) is 24.3 Å². The molecule has 3 heteroatoms. The van der Waals surface area contributed by atoms with Gasteiger partial charge in [-0.05, 0) is 29.5 Å². The zero-order valence-electron chi connectivity index (χ0n) is 10.5. The normalized spacial score (nSPS) is 12.8. The van der Waals surface area contributed by atoms with E-state index in [1.54, 1.807) is 7.11 Å². The minimum atomic E-state index is 0. The van der Waals surface area contributed by atoms with Crippen molar-refractivity contribution < 1.29 is 4.74 Å². The Morgan fingerprint density at radius 2 is 1.69 bits per heavy atom. The third kappa shape index (κ3) is 4.86. The van der Waals surface area contributed by atoms with E-state index in [2.05, 4.69) is 20.8 Å². The first-order valence-electron chi connectivity index (χ1n) is 5.32. The maximum absolute atomic E-state index is 6.13. The largest absolute Gasteiger partial charge is 0.497 e. The van der Waals surface area contributed by atoms with Crippen molar-refractivity contribution >= 4 is 12.4 Å². The lowest BCUT2D eigenvalue weighted by Crippen LogP contribution is -2.18. The van der Waals surface area contributed by atoms with Crippen molar-refractivity contribution in [2.45, 2.75) is 33.2 Å². The molecule has 0 spiro atoms. The molecular weight excluding hydrogens is 222 g/mol. The number of methoxy groups -OCH3 is 1. The molecule has 0 radical (unpaired) electrons. The fourth-order valence-electron chi connectivity index (χ4n) is 1.63. The van der Waals surface area contributed by atoms with Gasteiger partial charge >= 0.3 is 0 Å². The predicted molar refractivity (Wildman–Crippen MR) is 71.2 cm³/mol. The number of hydrogen-bond donors (Lipinski definition) is 1. The van der Waals surface area contributed by atoms with E-state index in [-0.39, 0.29) is 23.9 Å². The Balaban J connectivity index is 0.00000225. The third-order valence-electron chi connectivity index (χ3n) is 2.38. The second-order valence-electron chi connectivity index (χ2n) is 5.14. The first-order valence-corrected chi connectivity index (χ1v) is 5.32. The van der Waals surface area contributed by atoms with Crippen molar-refractivity contribution in [2.24, 2.45) is 11.1 Å². The van der Waals surface area contributed by atoms with Crippen molar-refractivity contribution in [1.29, 1.82) is 0 Å². The molecule has 1 aromatic carbocycles. The van der Waals surface area contributed by atoms with Crippen molar-refractivity contribution in [3.05, 3.63) is 29.8 Å². The van der Waals surface area contributed by atoms with Crippen LogP contribution in [0.4, 0.5) is 0 Å². The summed E-state index contributed by atoms with van der Waals surface area (Å²) in [5.41, 5.74) is 7.57. The molecule has 2 nitrogen and oxygen atoms in total. The number of rotatable bonds is 3. The van der Waals surface area contributed by atoms with Crippen molar-refractivity contribution in [2.75, 3.05) is 7.11 Å². The van der Waals surface area contributed by atoms with Crippen molar-refractivity contribution in [1.82, 2.24) is 0 Å². The SMILES string of the molecule is COc1ccc(C(N)CC(C)(C)C)cc1.Cl. The lowest BCUT2D eigenvalue weighted by Gasteiger charge is -2.23. The summed E-state index contributed by atoms with van der Waals surface area (Å²) in [6, 6.07) is 8.09. The van der Waals surface area contributed by atoms with E-state index in [4.69, 9.17) is 10.5 Å². The van der Waals surface area contributed by atoms with Crippen LogP contribution in [0.1, 0.15) is 38.8 Å². The van der Waals surface area contributed by atoms with E-state index in [0.717, 1.165) is 12.2 Å². The molecule has 0 saturated carbocycles. The minimum absolute atomic E-state index is 0. The Kier molecular flexibility index (Phi) is 5.84. The minimum Gasteiger partial charge on any atom is -0.497 e. The first-order chi connectivity index (χ1) is 6.92. The topological polar surface area (TPSA) is 35.2 Å². The summed E-state index contributed by atoms with van der Waals surface area (Å²) in [5.74, 6) is 0.877. The molecule has 0 heterocycles. The molecule has 2 N–H and O–H groups in total. The van der Waals surface area contributed by atoms with Crippen molar-refractivity contribution in [3.63, 3.8) is 0 Å². The van der Waals surface area contributed by atoms with Crippen LogP contribution in [0.3, 0.4) is 0 Å². The Labute approximate surface area is 105 Å². The van der Waals surface area contributed by atoms with Crippen LogP contribution < -0.4 is 10.5 Å². The van der Waals surface area contributed by atoms with Gasteiger partial charge in [0.05, 0.1) is 7.11 Å². The fourth-order valence-corrected chi connectivity index (χ4v) is 1.63. The van der Waals surface area contributed by atoms with Crippen LogP contribution in [0, 0.1) is 5.41 Å². The number of nitrogens with two attached hydrogens (primary N) is 1. The number of hydrogen-bond acceptors (Lipinski definition) is 2. The van der Waals surface area contributed by atoms with Crippen LogP contribution in [0.25, 0.3) is 0 Å². The van der Waals surface area contributed by atoms with Crippen LogP contribution >= 0.6 is 12.4 Å². The number of halogens is 1. The van der Waals surface area contributed by atoms with E-state index < -0.39 is 0 Å². The Morgan fingerprint density at radius 1 is 1.19 bits per heavy atom. The Morgan fingerprint density at radius 3 is 2.06 bits per heavy atom. The summed E-state index contributed by atoms with van der Waals surface area (Å²) in [6.07, 6.45) is 0.985. The van der Waals surface area contributed by atoms with E-state index >= 15 is 0 Å². The maximum atomic E-state index is 6.13. The molecule has 1 unspecified atom stereocenters. The van der Waals surface area contributed by atoms with Crippen molar-refractivity contribution in [3.8, 4) is 5.75 Å². The molecule has 92 valence electrons. The molecule has 0 aliphatic rings. The molecule has 0 bridgehead atoms. The first kappa shape index (κ1) is 15.3. The summed E-state index contributed by atoms with van der Waals surface area (Å²) in [5, 5.41) is 0. The molecule has 0 fully saturated rings. The summed E-state index contributed by atoms with van der Waals surface area (Å²) in [7, 11) is 1.67. The smallest absolute Gasteiger partial charge is 0.118 e. The van der Waals surface area contributed by atoms with Gasteiger partial charge in [0.2, 0.25) is 0 Å². The molecule has 0 aliphatic heterocycles. The van der Waals surface area contributed by atoms with Gasteiger partial charge in [0, 0.05) is 6.04 Å². The highest BCUT2D eigenvalue weighted by atomic mass is 35.5. The van der Waals surface area contributed by atoms with Gasteiger partial charge in [-0.3, -0.25) is 0 Å². The molecule has 1 aromatic rings. The van der Waals surface area contributed by atoms with Gasteiger partial charge in [0.25, 0.3) is 0 Å². The molecule has 1 atom stereocenters. The molecule has 16 heavy (non-hydrogen) atoms. The third-order valence-corrected chi connectivity index (χ3v) is 2.38. The van der Waals surface area contributed by atoms with Gasteiger partial charge in [0.15, 0.2) is 0 Å². The lowest BCUT2D eigenvalue weighted by atomic mass is 9.86. The zero-order valence-corrected chi connectivity index (χ0v) is 11.3. The van der Waals surface area contributed by atoms with E-state index in [1.165, 1.54) is 5.56 Å². The van der Waals surface area contributed by atoms with Gasteiger partial charge in [0.1, 0.15) is 5.75 Å². The average Bonchev–Trinajstić information content (AvgIpc) is 2.15. The molecule has 0 saturated heterocycles. The van der Waals surface area contributed by atoms with Crippen LogP contribution in [0.15, 0.2) is 24.3 Å². The Hall–Kier alpha value is -0.730. The summed E-state index contributed by atoms with van der Waals surface area (Å²) in [6.45, 7) is 6.61. The highest BCUT2D eigenvalue weighted by molar-refractivity contribution is 5.85. The second kappa shape index (κ2) is 6.12. The monoisotopic (exact) mass is 243 g/mol. The maximum Gasteiger partial charge on any atom is 0.118 e.